The highest BCUT2D eigenvalue weighted by Crippen LogP contribution is 2.32. The highest BCUT2D eigenvalue weighted by Gasteiger charge is 2.36. The number of rotatable bonds is 15. The average Bonchev–Trinajstić information content (AvgIpc) is 2.81. The molecule has 9 nitrogen and oxygen atoms in total. The van der Waals surface area contributed by atoms with E-state index in [1.54, 1.807) is 6.07 Å². The Morgan fingerprint density at radius 1 is 0.846 bits per heavy atom. The molecule has 0 saturated carbocycles. The molecule has 39 heavy (non-hydrogen) atoms. The third-order valence-electron chi connectivity index (χ3n) is 5.90. The molecular weight excluding hydrogens is 502 g/mol. The van der Waals surface area contributed by atoms with Crippen molar-refractivity contribution in [2.75, 3.05) is 13.7 Å². The Kier molecular flexibility index (Phi) is 13.6. The predicted molar refractivity (Wildman–Crippen MR) is 148 cm³/mol. The Bertz CT molecular complexity index is 980. The molecule has 2 N–H and O–H groups in total. The monoisotopic (exact) mass is 549 g/mol. The predicted octanol–water partition coefficient (Wildman–Crippen LogP) is 5.15. The molecule has 1 aromatic rings. The number of benzene rings is 1. The largest absolute Gasteiger partial charge is 0.468 e. The van der Waals surface area contributed by atoms with E-state index >= 15 is 0 Å². The number of hydrogen-bond acceptors (Lipinski definition) is 9. The summed E-state index contributed by atoms with van der Waals surface area (Å²) in [6, 6.07) is 4.70. The SMILES string of the molecule is COC(=O)[C@@](N)(CCOC(=O)CC(C)(C)C)Cc1ccc(OC(=O)CCC(C)C)c(OC(=O)CCC(C)C)c1. The van der Waals surface area contributed by atoms with Gasteiger partial charge in [-0.25, -0.2) is 0 Å². The van der Waals surface area contributed by atoms with Crippen molar-refractivity contribution in [2.24, 2.45) is 23.0 Å². The lowest BCUT2D eigenvalue weighted by atomic mass is 9.88. The van der Waals surface area contributed by atoms with Crippen LogP contribution in [0.2, 0.25) is 0 Å². The van der Waals surface area contributed by atoms with Crippen LogP contribution in [-0.4, -0.2) is 43.1 Å². The first-order chi connectivity index (χ1) is 18.0. The number of esters is 4. The van der Waals surface area contributed by atoms with E-state index in [0.29, 0.717) is 30.2 Å². The van der Waals surface area contributed by atoms with Crippen LogP contribution in [0.1, 0.15) is 92.6 Å². The highest BCUT2D eigenvalue weighted by atomic mass is 16.6. The first kappa shape index (κ1) is 34.1. The lowest BCUT2D eigenvalue weighted by Gasteiger charge is -2.27. The fourth-order valence-corrected chi connectivity index (χ4v) is 3.65. The minimum Gasteiger partial charge on any atom is -0.468 e. The summed E-state index contributed by atoms with van der Waals surface area (Å²) in [5, 5.41) is 0. The average molecular weight is 550 g/mol. The third-order valence-corrected chi connectivity index (χ3v) is 5.90. The van der Waals surface area contributed by atoms with E-state index in [0.717, 1.165) is 0 Å². The van der Waals surface area contributed by atoms with Crippen LogP contribution >= 0.6 is 0 Å². The molecule has 0 amide bonds. The van der Waals surface area contributed by atoms with Gasteiger partial charge in [-0.3, -0.25) is 19.2 Å². The fraction of sp³-hybridized carbons (Fsp3) is 0.667. The second kappa shape index (κ2) is 15.6. The van der Waals surface area contributed by atoms with Gasteiger partial charge < -0.3 is 24.7 Å². The van der Waals surface area contributed by atoms with E-state index in [4.69, 9.17) is 24.7 Å². The molecule has 9 heteroatoms. The number of carbonyl (C=O) groups excluding carboxylic acids is 4. The van der Waals surface area contributed by atoms with E-state index in [2.05, 4.69) is 0 Å². The van der Waals surface area contributed by atoms with Crippen LogP contribution in [0.4, 0.5) is 0 Å². The molecular formula is C30H47NO8. The molecule has 0 radical (unpaired) electrons. The van der Waals surface area contributed by atoms with Crippen LogP contribution in [0.5, 0.6) is 11.5 Å². The van der Waals surface area contributed by atoms with Crippen LogP contribution in [0, 0.1) is 17.3 Å². The summed E-state index contributed by atoms with van der Waals surface area (Å²) < 4.78 is 21.3. The van der Waals surface area contributed by atoms with Crippen molar-refractivity contribution in [1.29, 1.82) is 0 Å². The van der Waals surface area contributed by atoms with Gasteiger partial charge in [0.05, 0.1) is 20.1 Å². The van der Waals surface area contributed by atoms with Crippen LogP contribution in [0.25, 0.3) is 0 Å². The maximum Gasteiger partial charge on any atom is 0.326 e. The molecule has 1 aromatic carbocycles. The molecule has 1 atom stereocenters. The smallest absolute Gasteiger partial charge is 0.326 e. The Morgan fingerprint density at radius 2 is 1.38 bits per heavy atom. The topological polar surface area (TPSA) is 131 Å². The molecule has 0 heterocycles. The van der Waals surface area contributed by atoms with E-state index in [-0.39, 0.29) is 61.6 Å². The van der Waals surface area contributed by atoms with Crippen LogP contribution < -0.4 is 15.2 Å². The van der Waals surface area contributed by atoms with Gasteiger partial charge in [-0.05, 0) is 47.8 Å². The Labute approximate surface area is 233 Å². The summed E-state index contributed by atoms with van der Waals surface area (Å²) in [5.74, 6) is -1.12. The van der Waals surface area contributed by atoms with Gasteiger partial charge in [0.2, 0.25) is 0 Å². The van der Waals surface area contributed by atoms with Crippen molar-refractivity contribution in [3.8, 4) is 11.5 Å². The maximum atomic E-state index is 12.7. The van der Waals surface area contributed by atoms with Crippen molar-refractivity contribution in [3.05, 3.63) is 23.8 Å². The number of hydrogen-bond donors (Lipinski definition) is 1. The molecule has 0 aliphatic rings. The summed E-state index contributed by atoms with van der Waals surface area (Å²) in [4.78, 5) is 49.7. The molecule has 0 saturated heterocycles. The van der Waals surface area contributed by atoms with Crippen molar-refractivity contribution in [3.63, 3.8) is 0 Å². The first-order valence-electron chi connectivity index (χ1n) is 13.6. The van der Waals surface area contributed by atoms with Gasteiger partial charge in [0.15, 0.2) is 11.5 Å². The minimum absolute atomic E-state index is 0.00855. The summed E-state index contributed by atoms with van der Waals surface area (Å²) >= 11 is 0. The standard InChI is InChI=1S/C30H47NO8/c1-20(2)9-13-25(32)38-23-12-11-22(17-24(23)39-26(33)14-10-21(3)4)18-30(31,28(35)36-8)15-16-37-27(34)19-29(5,6)7/h11-12,17,20-21H,9-10,13-16,18-19,31H2,1-8H3/t30-/m1/s1. The Hall–Kier alpha value is -2.94. The van der Waals surface area contributed by atoms with Gasteiger partial charge in [0, 0.05) is 25.7 Å². The van der Waals surface area contributed by atoms with E-state index in [1.165, 1.54) is 19.2 Å². The quantitative estimate of drug-likeness (QED) is 0.233. The van der Waals surface area contributed by atoms with Gasteiger partial charge in [0.25, 0.3) is 0 Å². The fourth-order valence-electron chi connectivity index (χ4n) is 3.65. The molecule has 0 unspecified atom stereocenters. The zero-order valence-corrected chi connectivity index (χ0v) is 24.9. The first-order valence-corrected chi connectivity index (χ1v) is 13.6. The van der Waals surface area contributed by atoms with E-state index < -0.39 is 23.4 Å². The molecule has 0 aromatic heterocycles. The summed E-state index contributed by atoms with van der Waals surface area (Å²) in [6.07, 6.45) is 1.99. The van der Waals surface area contributed by atoms with Crippen molar-refractivity contribution in [1.82, 2.24) is 0 Å². The zero-order chi connectivity index (χ0) is 29.8. The second-order valence-corrected chi connectivity index (χ2v) is 12.1. The van der Waals surface area contributed by atoms with Gasteiger partial charge in [0.1, 0.15) is 5.54 Å². The molecule has 0 fully saturated rings. The van der Waals surface area contributed by atoms with E-state index in [1.807, 2.05) is 48.5 Å². The molecule has 0 aliphatic heterocycles. The van der Waals surface area contributed by atoms with Gasteiger partial charge in [-0.1, -0.05) is 54.5 Å². The lowest BCUT2D eigenvalue weighted by Crippen LogP contribution is -2.51. The van der Waals surface area contributed by atoms with Gasteiger partial charge in [-0.15, -0.1) is 0 Å². The summed E-state index contributed by atoms with van der Waals surface area (Å²) in [6.45, 7) is 13.7. The normalized spacial score (nSPS) is 13.1. The lowest BCUT2D eigenvalue weighted by molar-refractivity contribution is -0.152. The number of carbonyl (C=O) groups is 4. The van der Waals surface area contributed by atoms with Crippen LogP contribution in [-0.2, 0) is 35.1 Å². The maximum absolute atomic E-state index is 12.7. The zero-order valence-electron chi connectivity index (χ0n) is 24.9. The third kappa shape index (κ3) is 13.6. The molecule has 1 rings (SSSR count). The van der Waals surface area contributed by atoms with Crippen molar-refractivity contribution in [2.45, 2.75) is 99.0 Å². The van der Waals surface area contributed by atoms with Crippen LogP contribution in [0.3, 0.4) is 0 Å². The second-order valence-electron chi connectivity index (χ2n) is 12.1. The van der Waals surface area contributed by atoms with Gasteiger partial charge >= 0.3 is 23.9 Å². The Balaban J connectivity index is 3.14. The van der Waals surface area contributed by atoms with Gasteiger partial charge in [-0.2, -0.15) is 0 Å². The van der Waals surface area contributed by atoms with E-state index in [9.17, 15) is 19.2 Å². The number of methoxy groups -OCH3 is 1. The highest BCUT2D eigenvalue weighted by molar-refractivity contribution is 5.81. The molecule has 0 spiro atoms. The molecule has 220 valence electrons. The number of nitrogens with two attached hydrogens (primary N) is 1. The van der Waals surface area contributed by atoms with Crippen molar-refractivity contribution >= 4 is 23.9 Å². The summed E-state index contributed by atoms with van der Waals surface area (Å²) in [7, 11) is 1.23. The molecule has 0 bridgehead atoms. The van der Waals surface area contributed by atoms with Crippen molar-refractivity contribution < 1.29 is 38.1 Å². The Morgan fingerprint density at radius 3 is 1.87 bits per heavy atom. The van der Waals surface area contributed by atoms with Crippen LogP contribution in [0.15, 0.2) is 18.2 Å². The summed E-state index contributed by atoms with van der Waals surface area (Å²) in [5.41, 5.74) is 5.27. The minimum atomic E-state index is -1.51. The molecule has 0 aliphatic carbocycles. The number of ether oxygens (including phenoxy) is 4.